The Morgan fingerprint density at radius 3 is 2.67 bits per heavy atom. The molecule has 0 spiro atoms. The molecule has 0 bridgehead atoms. The number of carbonyl (C=O) groups excluding carboxylic acids is 1. The summed E-state index contributed by atoms with van der Waals surface area (Å²) in [4.78, 5) is 12.9. The molecule has 2 aromatic rings. The first-order valence-corrected chi connectivity index (χ1v) is 8.76. The fraction of sp³-hybridized carbons (Fsp3) is 0.381. The van der Waals surface area contributed by atoms with Crippen molar-refractivity contribution in [1.82, 2.24) is 0 Å². The minimum absolute atomic E-state index is 0.0801. The standard InChI is InChI=1S/C21H23NO2/c1-21(2)13-15-9-5-11-17(19(15)24-21)20(23)22-18-12-6-8-14-7-3-4-10-16(14)18/h5-6,8-9,11-12H,3-4,7,10,13H2,1-2H3,(H,22,23). The molecule has 0 radical (unpaired) electrons. The van der Waals surface area contributed by atoms with Gasteiger partial charge in [0.2, 0.25) is 0 Å². The van der Waals surface area contributed by atoms with Crippen molar-refractivity contribution in [3.8, 4) is 5.75 Å². The van der Waals surface area contributed by atoms with Crippen molar-refractivity contribution in [2.75, 3.05) is 5.32 Å². The minimum Gasteiger partial charge on any atom is -0.486 e. The number of anilines is 1. The van der Waals surface area contributed by atoms with E-state index in [1.165, 1.54) is 24.0 Å². The summed E-state index contributed by atoms with van der Waals surface area (Å²) >= 11 is 0. The average Bonchev–Trinajstić information content (AvgIpc) is 2.88. The maximum atomic E-state index is 12.9. The Balaban J connectivity index is 1.64. The number of hydrogen-bond acceptors (Lipinski definition) is 2. The predicted molar refractivity (Wildman–Crippen MR) is 95.9 cm³/mol. The maximum absolute atomic E-state index is 12.9. The van der Waals surface area contributed by atoms with Crippen LogP contribution in [0.15, 0.2) is 36.4 Å². The zero-order chi connectivity index (χ0) is 16.7. The first-order valence-electron chi connectivity index (χ1n) is 8.76. The van der Waals surface area contributed by atoms with Gasteiger partial charge in [0.15, 0.2) is 0 Å². The van der Waals surface area contributed by atoms with Crippen molar-refractivity contribution >= 4 is 11.6 Å². The molecule has 2 aliphatic rings. The summed E-state index contributed by atoms with van der Waals surface area (Å²) in [6, 6.07) is 12.1. The molecule has 0 saturated carbocycles. The van der Waals surface area contributed by atoms with Gasteiger partial charge in [0.25, 0.3) is 5.91 Å². The normalized spacial score (nSPS) is 17.6. The number of aryl methyl sites for hydroxylation is 1. The van der Waals surface area contributed by atoms with E-state index in [1.54, 1.807) is 0 Å². The summed E-state index contributed by atoms with van der Waals surface area (Å²) in [6.45, 7) is 4.12. The second kappa shape index (κ2) is 5.66. The van der Waals surface area contributed by atoms with Crippen molar-refractivity contribution in [3.05, 3.63) is 58.7 Å². The summed E-state index contributed by atoms with van der Waals surface area (Å²) in [5.41, 5.74) is 5.12. The monoisotopic (exact) mass is 321 g/mol. The Morgan fingerprint density at radius 1 is 1.04 bits per heavy atom. The van der Waals surface area contributed by atoms with Crippen LogP contribution in [0.3, 0.4) is 0 Å². The highest BCUT2D eigenvalue weighted by atomic mass is 16.5. The van der Waals surface area contributed by atoms with Crippen LogP contribution in [-0.4, -0.2) is 11.5 Å². The lowest BCUT2D eigenvalue weighted by molar-refractivity contribution is 0.101. The van der Waals surface area contributed by atoms with E-state index >= 15 is 0 Å². The van der Waals surface area contributed by atoms with Crippen molar-refractivity contribution in [3.63, 3.8) is 0 Å². The number of ether oxygens (including phenoxy) is 1. The van der Waals surface area contributed by atoms with Gasteiger partial charge in [-0.05, 0) is 68.4 Å². The van der Waals surface area contributed by atoms with Gasteiger partial charge in [-0.2, -0.15) is 0 Å². The van der Waals surface area contributed by atoms with Crippen molar-refractivity contribution in [2.45, 2.75) is 51.6 Å². The van der Waals surface area contributed by atoms with Crippen LogP contribution in [0.2, 0.25) is 0 Å². The molecule has 1 amide bonds. The molecule has 0 fully saturated rings. The first kappa shape index (κ1) is 15.3. The lowest BCUT2D eigenvalue weighted by Gasteiger charge is -2.20. The van der Waals surface area contributed by atoms with Crippen LogP contribution >= 0.6 is 0 Å². The fourth-order valence-corrected chi connectivity index (χ4v) is 3.88. The predicted octanol–water partition coefficient (Wildman–Crippen LogP) is 4.53. The van der Waals surface area contributed by atoms with Gasteiger partial charge in [0.05, 0.1) is 5.56 Å². The van der Waals surface area contributed by atoms with Crippen LogP contribution in [0.5, 0.6) is 5.75 Å². The van der Waals surface area contributed by atoms with Crippen molar-refractivity contribution in [2.24, 2.45) is 0 Å². The molecule has 1 aliphatic heterocycles. The molecule has 0 unspecified atom stereocenters. The average molecular weight is 321 g/mol. The van der Waals surface area contributed by atoms with Gasteiger partial charge in [-0.3, -0.25) is 4.79 Å². The number of para-hydroxylation sites is 1. The van der Waals surface area contributed by atoms with Gasteiger partial charge in [-0.25, -0.2) is 0 Å². The Hall–Kier alpha value is -2.29. The Morgan fingerprint density at radius 2 is 1.79 bits per heavy atom. The molecular weight excluding hydrogens is 298 g/mol. The highest BCUT2D eigenvalue weighted by Crippen LogP contribution is 2.38. The van der Waals surface area contributed by atoms with Crippen molar-refractivity contribution in [1.29, 1.82) is 0 Å². The molecule has 1 aliphatic carbocycles. The number of carbonyl (C=O) groups is 1. The van der Waals surface area contributed by atoms with Crippen LogP contribution in [0.25, 0.3) is 0 Å². The summed E-state index contributed by atoms with van der Waals surface area (Å²) < 4.78 is 6.04. The molecule has 3 nitrogen and oxygen atoms in total. The summed E-state index contributed by atoms with van der Waals surface area (Å²) in [5.74, 6) is 0.660. The van der Waals surface area contributed by atoms with Gasteiger partial charge in [-0.1, -0.05) is 24.3 Å². The Kier molecular flexibility index (Phi) is 3.60. The van der Waals surface area contributed by atoms with Gasteiger partial charge < -0.3 is 10.1 Å². The number of amides is 1. The van der Waals surface area contributed by atoms with Gasteiger partial charge in [0, 0.05) is 12.1 Å². The molecule has 0 aromatic heterocycles. The topological polar surface area (TPSA) is 38.3 Å². The van der Waals surface area contributed by atoms with Crippen LogP contribution < -0.4 is 10.1 Å². The first-order chi connectivity index (χ1) is 11.5. The van der Waals surface area contributed by atoms with E-state index < -0.39 is 0 Å². The number of fused-ring (bicyclic) bond motifs is 2. The number of benzene rings is 2. The molecule has 3 heteroatoms. The molecule has 4 rings (SSSR count). The zero-order valence-electron chi connectivity index (χ0n) is 14.3. The Bertz CT molecular complexity index is 807. The summed E-state index contributed by atoms with van der Waals surface area (Å²) in [5, 5.41) is 3.12. The van der Waals surface area contributed by atoms with Crippen LogP contribution in [0.1, 0.15) is 53.7 Å². The lowest BCUT2D eigenvalue weighted by Crippen LogP contribution is -2.25. The zero-order valence-corrected chi connectivity index (χ0v) is 14.3. The number of rotatable bonds is 2. The molecule has 0 atom stereocenters. The third kappa shape index (κ3) is 2.68. The summed E-state index contributed by atoms with van der Waals surface area (Å²) in [7, 11) is 0. The van der Waals surface area contributed by atoms with Crippen LogP contribution in [0, 0.1) is 0 Å². The maximum Gasteiger partial charge on any atom is 0.259 e. The van der Waals surface area contributed by atoms with E-state index in [2.05, 4.69) is 25.2 Å². The number of hydrogen-bond donors (Lipinski definition) is 1. The van der Waals surface area contributed by atoms with Crippen molar-refractivity contribution < 1.29 is 9.53 Å². The van der Waals surface area contributed by atoms with E-state index in [-0.39, 0.29) is 11.5 Å². The Labute approximate surface area is 143 Å². The molecule has 24 heavy (non-hydrogen) atoms. The molecule has 124 valence electrons. The highest BCUT2D eigenvalue weighted by molar-refractivity contribution is 6.07. The molecule has 0 saturated heterocycles. The molecule has 1 heterocycles. The molecular formula is C21H23NO2. The third-order valence-corrected chi connectivity index (χ3v) is 4.98. The molecule has 1 N–H and O–H groups in total. The summed E-state index contributed by atoms with van der Waals surface area (Å²) in [6.07, 6.45) is 5.42. The number of nitrogens with one attached hydrogen (secondary N) is 1. The van der Waals surface area contributed by atoms with Crippen LogP contribution in [-0.2, 0) is 19.3 Å². The fourth-order valence-electron chi connectivity index (χ4n) is 3.88. The van der Waals surface area contributed by atoms with E-state index in [1.807, 2.05) is 30.3 Å². The highest BCUT2D eigenvalue weighted by Gasteiger charge is 2.33. The molecule has 2 aromatic carbocycles. The smallest absolute Gasteiger partial charge is 0.259 e. The van der Waals surface area contributed by atoms with E-state index in [0.29, 0.717) is 5.56 Å². The van der Waals surface area contributed by atoms with E-state index in [9.17, 15) is 4.79 Å². The van der Waals surface area contributed by atoms with E-state index in [0.717, 1.165) is 36.3 Å². The lowest BCUT2D eigenvalue weighted by atomic mass is 9.90. The minimum atomic E-state index is -0.245. The third-order valence-electron chi connectivity index (χ3n) is 4.98. The second-order valence-electron chi connectivity index (χ2n) is 7.44. The van der Waals surface area contributed by atoms with Gasteiger partial charge in [0.1, 0.15) is 11.4 Å². The van der Waals surface area contributed by atoms with Crippen LogP contribution in [0.4, 0.5) is 5.69 Å². The second-order valence-corrected chi connectivity index (χ2v) is 7.44. The van der Waals surface area contributed by atoms with Gasteiger partial charge in [-0.15, -0.1) is 0 Å². The van der Waals surface area contributed by atoms with E-state index in [4.69, 9.17) is 4.74 Å². The SMILES string of the molecule is CC1(C)Cc2cccc(C(=O)Nc3cccc4c3CCCC4)c2O1. The largest absolute Gasteiger partial charge is 0.486 e. The van der Waals surface area contributed by atoms with Gasteiger partial charge >= 0.3 is 0 Å². The quantitative estimate of drug-likeness (QED) is 0.882.